The first-order valence-corrected chi connectivity index (χ1v) is 19.0. The van der Waals surface area contributed by atoms with Crippen LogP contribution in [-0.2, 0) is 55.5 Å². The molecule has 56 heavy (non-hydrogen) atoms. The molecule has 0 radical (unpaired) electrons. The van der Waals surface area contributed by atoms with Crippen LogP contribution in [0.15, 0.2) is 53.5 Å². The number of hydrogen-bond acceptors (Lipinski definition) is 15. The van der Waals surface area contributed by atoms with Crippen molar-refractivity contribution in [1.29, 1.82) is 0 Å². The number of phenolic OH excluding ortho intramolecular Hbond substituents is 1. The van der Waals surface area contributed by atoms with Gasteiger partial charge in [-0.3, -0.25) is 0 Å². The molecule has 14 nitrogen and oxygen atoms in total. The summed E-state index contributed by atoms with van der Waals surface area (Å²) >= 11 is 1.60. The number of fused-ring (bicyclic) bond motifs is 1. The lowest BCUT2D eigenvalue weighted by atomic mass is 9.79. The third-order valence-electron chi connectivity index (χ3n) is 9.76. The molecule has 3 aliphatic rings. The van der Waals surface area contributed by atoms with Gasteiger partial charge in [-0.1, -0.05) is 61.5 Å². The molecule has 5 rings (SSSR count). The van der Waals surface area contributed by atoms with Gasteiger partial charge >= 0.3 is 35.7 Å². The maximum atomic E-state index is 13.4. The van der Waals surface area contributed by atoms with Gasteiger partial charge in [-0.15, -0.1) is 11.8 Å². The van der Waals surface area contributed by atoms with E-state index in [4.69, 9.17) is 33.2 Å². The highest BCUT2D eigenvalue weighted by molar-refractivity contribution is 8.00. The summed E-state index contributed by atoms with van der Waals surface area (Å²) in [6, 6.07) is 7.36. The van der Waals surface area contributed by atoms with Gasteiger partial charge in [0.2, 0.25) is 5.75 Å². The van der Waals surface area contributed by atoms with E-state index in [-0.39, 0.29) is 54.3 Å². The predicted molar refractivity (Wildman–Crippen MR) is 206 cm³/mol. The maximum absolute atomic E-state index is 13.4. The van der Waals surface area contributed by atoms with E-state index in [0.717, 1.165) is 40.3 Å². The second-order valence-corrected chi connectivity index (χ2v) is 18.2. The van der Waals surface area contributed by atoms with Crippen LogP contribution in [0.1, 0.15) is 78.5 Å². The molecular weight excluding hydrogens is 745 g/mol. The molecule has 0 saturated carbocycles. The van der Waals surface area contributed by atoms with Crippen LogP contribution >= 0.6 is 11.8 Å². The quantitative estimate of drug-likeness (QED) is 0.230. The van der Waals surface area contributed by atoms with Crippen molar-refractivity contribution in [2.45, 2.75) is 101 Å². The van der Waals surface area contributed by atoms with Gasteiger partial charge in [0.25, 0.3) is 0 Å². The van der Waals surface area contributed by atoms with E-state index < -0.39 is 40.4 Å². The highest BCUT2D eigenvalue weighted by Gasteiger charge is 2.74. The number of thioether (sulfide) groups is 1. The van der Waals surface area contributed by atoms with Crippen LogP contribution in [-0.4, -0.2) is 96.3 Å². The normalized spacial score (nSPS) is 18.8. The fraction of sp³-hybridized carbons (Fsp3) is 0.512. The van der Waals surface area contributed by atoms with Crippen molar-refractivity contribution in [1.82, 2.24) is 9.80 Å². The average molecular weight is 797 g/mol. The van der Waals surface area contributed by atoms with Crippen molar-refractivity contribution in [2.75, 3.05) is 41.0 Å². The van der Waals surface area contributed by atoms with Crippen molar-refractivity contribution in [3.63, 3.8) is 0 Å². The summed E-state index contributed by atoms with van der Waals surface area (Å²) in [7, 11) is 4.37. The summed E-state index contributed by atoms with van der Waals surface area (Å²) in [5.41, 5.74) is 1.45. The Morgan fingerprint density at radius 3 is 1.55 bits per heavy atom. The van der Waals surface area contributed by atoms with Gasteiger partial charge in [0.15, 0.2) is 11.5 Å². The average Bonchev–Trinajstić information content (AvgIpc) is 3.36. The zero-order chi connectivity index (χ0) is 41.4. The van der Waals surface area contributed by atoms with Crippen molar-refractivity contribution >= 4 is 35.6 Å². The van der Waals surface area contributed by atoms with Crippen molar-refractivity contribution in [3.05, 3.63) is 65.3 Å². The van der Waals surface area contributed by atoms with Crippen molar-refractivity contribution in [2.24, 2.45) is 0 Å². The lowest BCUT2D eigenvalue weighted by Gasteiger charge is -2.56. The summed E-state index contributed by atoms with van der Waals surface area (Å²) in [4.78, 5) is 57.4. The summed E-state index contributed by atoms with van der Waals surface area (Å²) < 4.78 is 40.2. The van der Waals surface area contributed by atoms with E-state index in [1.165, 1.54) is 26.2 Å². The number of hydrogen-bond donors (Lipinski definition) is 1. The molecule has 0 aromatic heterocycles. The van der Waals surface area contributed by atoms with E-state index in [1.807, 2.05) is 26.0 Å². The fourth-order valence-electron chi connectivity index (χ4n) is 6.97. The molecule has 0 bridgehead atoms. The first-order chi connectivity index (χ1) is 26.1. The number of phenols is 1. The Kier molecular flexibility index (Phi) is 11.9. The topological polar surface area (TPSA) is 160 Å². The maximum Gasteiger partial charge on any atom is 0.420 e. The molecule has 304 valence electrons. The molecule has 2 aromatic carbocycles. The van der Waals surface area contributed by atoms with Crippen LogP contribution in [0.25, 0.3) is 0 Å². The number of esters is 4. The second kappa shape index (κ2) is 15.7. The molecule has 1 fully saturated rings. The highest BCUT2D eigenvalue weighted by Crippen LogP contribution is 2.49. The Bertz CT molecular complexity index is 1870. The zero-order valence-corrected chi connectivity index (χ0v) is 34.7. The number of ether oxygens (including phenoxy) is 7. The standard InChI is InChI=1S/C41H52N2O12S/c1-37(2,3)27-22-26(23-28(34(27)48)38(4,5)6)56-39(7,8)18-19-42-20-21-43(24-25-12-13-29(49-9)36(51-11)35(25)50-10)41(54-32(46)16-17-33(47)55-41)40(42)52-30(44)14-15-31(45)53-40/h12-17,22-23,48H,18-21,24H2,1-11H3. The van der Waals surface area contributed by atoms with E-state index in [9.17, 15) is 24.3 Å². The van der Waals surface area contributed by atoms with Gasteiger partial charge in [0.05, 0.1) is 21.3 Å². The Hall–Kier alpha value is -4.73. The second-order valence-electron chi connectivity index (χ2n) is 16.4. The minimum Gasteiger partial charge on any atom is -0.507 e. The molecule has 15 heteroatoms. The molecular formula is C41H52N2O12S. The molecule has 0 amide bonds. The van der Waals surface area contributed by atoms with E-state index >= 15 is 0 Å². The number of benzene rings is 2. The van der Waals surface area contributed by atoms with Crippen LogP contribution < -0.4 is 14.2 Å². The molecule has 0 atom stereocenters. The summed E-state index contributed by atoms with van der Waals surface area (Å²) in [5, 5.41) is 11.3. The van der Waals surface area contributed by atoms with E-state index in [1.54, 1.807) is 28.8 Å². The molecule has 2 spiro atoms. The lowest BCUT2D eigenvalue weighted by molar-refractivity contribution is -0.464. The summed E-state index contributed by atoms with van der Waals surface area (Å²) in [6.45, 7) is 16.5. The van der Waals surface area contributed by atoms with E-state index in [2.05, 4.69) is 41.5 Å². The first kappa shape index (κ1) is 42.4. The molecule has 2 aromatic rings. The number of carbonyl (C=O) groups excluding carboxylic acids is 4. The van der Waals surface area contributed by atoms with Gasteiger partial charge in [-0.25, -0.2) is 29.0 Å². The van der Waals surface area contributed by atoms with Gasteiger partial charge < -0.3 is 38.3 Å². The van der Waals surface area contributed by atoms with Gasteiger partial charge in [-0.2, -0.15) is 0 Å². The van der Waals surface area contributed by atoms with Crippen molar-refractivity contribution < 1.29 is 57.4 Å². The van der Waals surface area contributed by atoms with Crippen LogP contribution in [0, 0.1) is 0 Å². The van der Waals surface area contributed by atoms with Gasteiger partial charge in [0, 0.05) is 76.8 Å². The van der Waals surface area contributed by atoms with Gasteiger partial charge in [0.1, 0.15) is 5.75 Å². The van der Waals surface area contributed by atoms with Crippen LogP contribution in [0.2, 0.25) is 0 Å². The number of methoxy groups -OCH3 is 3. The van der Waals surface area contributed by atoms with Crippen LogP contribution in [0.3, 0.4) is 0 Å². The number of carbonyl (C=O) groups is 4. The first-order valence-electron chi connectivity index (χ1n) is 18.2. The van der Waals surface area contributed by atoms with E-state index in [0.29, 0.717) is 17.7 Å². The number of nitrogens with zero attached hydrogens (tertiary/aromatic N) is 2. The van der Waals surface area contributed by atoms with Crippen LogP contribution in [0.4, 0.5) is 0 Å². The predicted octanol–water partition coefficient (Wildman–Crippen LogP) is 5.71. The summed E-state index contributed by atoms with van der Waals surface area (Å²) in [6.07, 6.45) is 3.95. The Labute approximate surface area is 332 Å². The van der Waals surface area contributed by atoms with Crippen molar-refractivity contribution in [3.8, 4) is 23.0 Å². The molecule has 0 aliphatic carbocycles. The molecule has 0 unspecified atom stereocenters. The number of piperazine rings is 1. The van der Waals surface area contributed by atoms with Crippen LogP contribution in [0.5, 0.6) is 23.0 Å². The minimum absolute atomic E-state index is 0.0533. The zero-order valence-electron chi connectivity index (χ0n) is 33.9. The highest BCUT2D eigenvalue weighted by atomic mass is 32.2. The number of rotatable bonds is 10. The van der Waals surface area contributed by atoms with Gasteiger partial charge in [-0.05, 0) is 35.4 Å². The third kappa shape index (κ3) is 8.35. The third-order valence-corrected chi connectivity index (χ3v) is 11.0. The Balaban J connectivity index is 1.59. The number of aromatic hydroxyl groups is 1. The smallest absolute Gasteiger partial charge is 0.420 e. The molecule has 1 saturated heterocycles. The molecule has 1 N–H and O–H groups in total. The minimum atomic E-state index is -2.66. The Morgan fingerprint density at radius 2 is 1.12 bits per heavy atom. The monoisotopic (exact) mass is 796 g/mol. The molecule has 3 aliphatic heterocycles. The lowest BCUT2D eigenvalue weighted by Crippen LogP contribution is -2.80. The SMILES string of the molecule is COc1ccc(CN2CCN(CCC(C)(C)Sc3cc(C(C)(C)C)c(O)c(C(C)(C)C)c3)C3(OC(=O)C=CC(=O)O3)C23OC(=O)C=CC(=O)O3)c(OC)c1OC. The Morgan fingerprint density at radius 1 is 0.679 bits per heavy atom. The molecule has 3 heterocycles. The fourth-order valence-corrected chi connectivity index (χ4v) is 8.15. The largest absolute Gasteiger partial charge is 0.507 e. The summed E-state index contributed by atoms with van der Waals surface area (Å²) in [5.74, 6) is -8.10.